The Labute approximate surface area is 89.7 Å². The van der Waals surface area contributed by atoms with Crippen LogP contribution in [0.1, 0.15) is 13.3 Å². The second kappa shape index (κ2) is 5.06. The van der Waals surface area contributed by atoms with Crippen molar-refractivity contribution >= 4 is 11.7 Å². The van der Waals surface area contributed by atoms with Crippen LogP contribution in [0.4, 0.5) is 10.1 Å². The minimum Gasteiger partial charge on any atom is -0.279 e. The Morgan fingerprint density at radius 1 is 1.56 bits per heavy atom. The number of carbonyl (C=O) groups excluding carboxylic acids is 1. The Morgan fingerprint density at radius 3 is 2.81 bits per heavy atom. The molecule has 0 aliphatic rings. The van der Waals surface area contributed by atoms with Gasteiger partial charge in [-0.3, -0.25) is 19.9 Å². The highest BCUT2D eigenvalue weighted by molar-refractivity contribution is 5.68. The molecule has 0 saturated heterocycles. The van der Waals surface area contributed by atoms with Gasteiger partial charge < -0.3 is 0 Å². The van der Waals surface area contributed by atoms with Crippen molar-refractivity contribution in [2.45, 2.75) is 13.3 Å². The highest BCUT2D eigenvalue weighted by Crippen LogP contribution is 2.27. The number of rotatable bonds is 4. The summed E-state index contributed by atoms with van der Waals surface area (Å²) in [4.78, 5) is 29.1. The molecule has 16 heavy (non-hydrogen) atoms. The maximum atomic E-state index is 12.8. The first-order valence-corrected chi connectivity index (χ1v) is 4.36. The molecule has 0 amide bonds. The second-order valence-corrected chi connectivity index (χ2v) is 2.76. The van der Waals surface area contributed by atoms with Crippen molar-refractivity contribution in [2.24, 2.45) is 0 Å². The van der Waals surface area contributed by atoms with Crippen molar-refractivity contribution in [1.82, 2.24) is 0 Å². The normalized spacial score (nSPS) is 9.62. The fourth-order valence-corrected chi connectivity index (χ4v) is 0.856. The van der Waals surface area contributed by atoms with E-state index in [0.717, 1.165) is 18.2 Å². The van der Waals surface area contributed by atoms with Gasteiger partial charge in [-0.1, -0.05) is 6.92 Å². The lowest BCUT2D eigenvalue weighted by atomic mass is 10.3. The molecular formula is C9H8FNO5. The van der Waals surface area contributed by atoms with Crippen LogP contribution < -0.4 is 4.89 Å². The van der Waals surface area contributed by atoms with Crippen LogP contribution in [0.5, 0.6) is 5.75 Å². The van der Waals surface area contributed by atoms with E-state index in [1.54, 1.807) is 0 Å². The number of hydrogen-bond donors (Lipinski definition) is 0. The monoisotopic (exact) mass is 229 g/mol. The molecule has 0 fully saturated rings. The Hall–Kier alpha value is -2.18. The van der Waals surface area contributed by atoms with Gasteiger partial charge in [0.15, 0.2) is 0 Å². The quantitative estimate of drug-likeness (QED) is 0.448. The largest absolute Gasteiger partial charge is 0.355 e. The maximum Gasteiger partial charge on any atom is 0.355 e. The molecule has 0 heterocycles. The molecule has 0 bridgehead atoms. The lowest BCUT2D eigenvalue weighted by Gasteiger charge is -2.03. The van der Waals surface area contributed by atoms with Crippen LogP contribution in [0.15, 0.2) is 18.2 Å². The van der Waals surface area contributed by atoms with Crippen molar-refractivity contribution in [1.29, 1.82) is 0 Å². The fourth-order valence-electron chi connectivity index (χ4n) is 0.856. The van der Waals surface area contributed by atoms with E-state index in [-0.39, 0.29) is 6.42 Å². The molecule has 0 spiro atoms. The number of nitrogens with zero attached hydrogens (tertiary/aromatic N) is 1. The summed E-state index contributed by atoms with van der Waals surface area (Å²) >= 11 is 0. The Morgan fingerprint density at radius 2 is 2.25 bits per heavy atom. The van der Waals surface area contributed by atoms with Crippen molar-refractivity contribution in [3.8, 4) is 5.75 Å². The van der Waals surface area contributed by atoms with Crippen molar-refractivity contribution < 1.29 is 23.9 Å². The number of nitro groups is 1. The molecule has 0 aromatic heterocycles. The highest BCUT2D eigenvalue weighted by atomic mass is 19.1. The van der Waals surface area contributed by atoms with Gasteiger partial charge in [-0.05, 0) is 6.07 Å². The SMILES string of the molecule is CCC(=O)OOc1cc(F)ccc1[N+](=O)[O-]. The fraction of sp³-hybridized carbons (Fsp3) is 0.222. The molecule has 0 aliphatic carbocycles. The van der Waals surface area contributed by atoms with Crippen molar-refractivity contribution in [2.75, 3.05) is 0 Å². The maximum absolute atomic E-state index is 12.8. The molecule has 86 valence electrons. The molecule has 0 aliphatic heterocycles. The molecule has 1 aromatic carbocycles. The summed E-state index contributed by atoms with van der Waals surface area (Å²) in [6, 6.07) is 2.60. The van der Waals surface area contributed by atoms with Gasteiger partial charge in [0.25, 0.3) is 5.75 Å². The Balaban J connectivity index is 2.88. The summed E-state index contributed by atoms with van der Waals surface area (Å²) in [5, 5.41) is 10.5. The smallest absolute Gasteiger partial charge is 0.279 e. The van der Waals surface area contributed by atoms with Crippen LogP contribution >= 0.6 is 0 Å². The number of halogens is 1. The zero-order valence-corrected chi connectivity index (χ0v) is 8.31. The molecule has 0 saturated carbocycles. The third-order valence-corrected chi connectivity index (χ3v) is 1.63. The topological polar surface area (TPSA) is 78.7 Å². The highest BCUT2D eigenvalue weighted by Gasteiger charge is 2.18. The van der Waals surface area contributed by atoms with Crippen molar-refractivity contribution in [3.63, 3.8) is 0 Å². The van der Waals surface area contributed by atoms with Crippen LogP contribution in [0.25, 0.3) is 0 Å². The number of carbonyl (C=O) groups is 1. The van der Waals surface area contributed by atoms with Gasteiger partial charge >= 0.3 is 11.7 Å². The first kappa shape index (κ1) is 11.9. The lowest BCUT2D eigenvalue weighted by molar-refractivity contribution is -0.388. The molecule has 6 nitrogen and oxygen atoms in total. The van der Waals surface area contributed by atoms with Gasteiger partial charge in [0.2, 0.25) is 0 Å². The predicted octanol–water partition coefficient (Wildman–Crippen LogP) is 1.98. The lowest BCUT2D eigenvalue weighted by Crippen LogP contribution is -2.07. The third-order valence-electron chi connectivity index (χ3n) is 1.63. The first-order chi connectivity index (χ1) is 7.54. The van der Waals surface area contributed by atoms with Gasteiger partial charge in [0, 0.05) is 18.6 Å². The minimum atomic E-state index is -0.769. The van der Waals surface area contributed by atoms with Gasteiger partial charge in [0.1, 0.15) is 5.82 Å². The molecule has 0 radical (unpaired) electrons. The Bertz CT molecular complexity index is 420. The summed E-state index contributed by atoms with van der Waals surface area (Å²) < 4.78 is 12.8. The third kappa shape index (κ3) is 2.91. The second-order valence-electron chi connectivity index (χ2n) is 2.76. The van der Waals surface area contributed by atoms with E-state index in [0.29, 0.717) is 0 Å². The van der Waals surface area contributed by atoms with E-state index in [1.807, 2.05) is 0 Å². The van der Waals surface area contributed by atoms with Gasteiger partial charge in [-0.15, -0.1) is 0 Å². The average Bonchev–Trinajstić information content (AvgIpc) is 2.25. The van der Waals surface area contributed by atoms with Gasteiger partial charge in [-0.25, -0.2) is 9.18 Å². The molecular weight excluding hydrogens is 221 g/mol. The van der Waals surface area contributed by atoms with E-state index in [9.17, 15) is 19.3 Å². The van der Waals surface area contributed by atoms with Crippen LogP contribution in [0, 0.1) is 15.9 Å². The summed E-state index contributed by atoms with van der Waals surface area (Å²) in [6.45, 7) is 1.52. The summed E-state index contributed by atoms with van der Waals surface area (Å²) in [6.07, 6.45) is 0.0448. The van der Waals surface area contributed by atoms with E-state index in [1.165, 1.54) is 6.92 Å². The molecule has 1 aromatic rings. The summed E-state index contributed by atoms with van der Waals surface area (Å²) in [5.74, 6) is -1.89. The van der Waals surface area contributed by atoms with Crippen LogP contribution in [0.3, 0.4) is 0 Å². The van der Waals surface area contributed by atoms with E-state index >= 15 is 0 Å². The molecule has 0 atom stereocenters. The molecule has 0 unspecified atom stereocenters. The van der Waals surface area contributed by atoms with Crippen LogP contribution in [-0.2, 0) is 9.68 Å². The standard InChI is InChI=1S/C9H8FNO5/c1-2-9(12)16-15-8-5-6(10)3-4-7(8)11(13)14/h3-5H,2H2,1H3. The molecule has 7 heteroatoms. The number of benzene rings is 1. The van der Waals surface area contributed by atoms with Gasteiger partial charge in [-0.2, -0.15) is 0 Å². The first-order valence-electron chi connectivity index (χ1n) is 4.36. The van der Waals surface area contributed by atoms with Crippen molar-refractivity contribution in [3.05, 3.63) is 34.1 Å². The van der Waals surface area contributed by atoms with Crippen LogP contribution in [0.2, 0.25) is 0 Å². The van der Waals surface area contributed by atoms with E-state index in [4.69, 9.17) is 0 Å². The van der Waals surface area contributed by atoms with Gasteiger partial charge in [0.05, 0.1) is 4.92 Å². The van der Waals surface area contributed by atoms with E-state index < -0.39 is 28.1 Å². The zero-order valence-electron chi connectivity index (χ0n) is 8.31. The van der Waals surface area contributed by atoms with E-state index in [2.05, 4.69) is 9.78 Å². The number of hydrogen-bond acceptors (Lipinski definition) is 5. The zero-order chi connectivity index (χ0) is 12.1. The number of nitro benzene ring substituents is 1. The Kier molecular flexibility index (Phi) is 3.76. The average molecular weight is 229 g/mol. The summed E-state index contributed by atoms with van der Waals surface area (Å²) in [7, 11) is 0. The van der Waals surface area contributed by atoms with Crippen LogP contribution in [-0.4, -0.2) is 10.9 Å². The minimum absolute atomic E-state index is 0.0448. The molecule has 1 rings (SSSR count). The predicted molar refractivity (Wildman–Crippen MR) is 50.1 cm³/mol. The summed E-state index contributed by atoms with van der Waals surface area (Å²) in [5.41, 5.74) is -0.481. The molecule has 0 N–H and O–H groups in total.